The Morgan fingerprint density at radius 3 is 1.42 bits per heavy atom. The number of alkyl halides is 7. The Labute approximate surface area is 68.2 Å². The van der Waals surface area contributed by atoms with Gasteiger partial charge in [0.05, 0.1) is 0 Å². The average molecular weight is 217 g/mol. The standard InChI is InChI=1S/C4H3ClF6O/c5-1-12-2(3(6,7)8)4(9,10)11/h2H,1H2. The van der Waals surface area contributed by atoms with E-state index in [0.29, 0.717) is 0 Å². The zero-order valence-corrected chi connectivity index (χ0v) is 6.09. The topological polar surface area (TPSA) is 9.23 Å². The maximum atomic E-state index is 11.5. The van der Waals surface area contributed by atoms with Crippen molar-refractivity contribution in [3.05, 3.63) is 0 Å². The highest BCUT2D eigenvalue weighted by atomic mass is 35.5. The summed E-state index contributed by atoms with van der Waals surface area (Å²) in [6.45, 7) is 0. The lowest BCUT2D eigenvalue weighted by atomic mass is 10.3. The van der Waals surface area contributed by atoms with E-state index in [-0.39, 0.29) is 0 Å². The van der Waals surface area contributed by atoms with Crippen molar-refractivity contribution in [3.8, 4) is 0 Å². The Kier molecular flexibility index (Phi) is 3.64. The van der Waals surface area contributed by atoms with Gasteiger partial charge in [0.15, 0.2) is 0 Å². The van der Waals surface area contributed by atoms with E-state index in [1.54, 1.807) is 0 Å². The van der Waals surface area contributed by atoms with E-state index in [1.807, 2.05) is 0 Å². The summed E-state index contributed by atoms with van der Waals surface area (Å²) in [4.78, 5) is 0. The minimum Gasteiger partial charge on any atom is -0.345 e. The van der Waals surface area contributed by atoms with Gasteiger partial charge in [-0.15, -0.1) is 0 Å². The van der Waals surface area contributed by atoms with E-state index >= 15 is 0 Å². The molecule has 1 nitrogen and oxygen atoms in total. The Morgan fingerprint density at radius 1 is 1.00 bits per heavy atom. The molecule has 0 fully saturated rings. The molecule has 0 N–H and O–H groups in total. The van der Waals surface area contributed by atoms with Crippen molar-refractivity contribution >= 4 is 11.6 Å². The van der Waals surface area contributed by atoms with Crippen LogP contribution in [0, 0.1) is 0 Å². The predicted octanol–water partition coefficient (Wildman–Crippen LogP) is 2.69. The minimum absolute atomic E-state index is 1.16. The monoisotopic (exact) mass is 216 g/mol. The maximum Gasteiger partial charge on any atom is 0.423 e. The van der Waals surface area contributed by atoms with E-state index in [2.05, 4.69) is 16.3 Å². The van der Waals surface area contributed by atoms with Crippen LogP contribution in [0.15, 0.2) is 0 Å². The summed E-state index contributed by atoms with van der Waals surface area (Å²) >= 11 is 4.59. The van der Waals surface area contributed by atoms with Crippen LogP contribution in [0.5, 0.6) is 0 Å². The molecule has 0 spiro atoms. The molecule has 0 unspecified atom stereocenters. The number of hydrogen-bond donors (Lipinski definition) is 0. The molecule has 0 aromatic heterocycles. The lowest BCUT2D eigenvalue weighted by Crippen LogP contribution is -2.44. The van der Waals surface area contributed by atoms with Crippen LogP contribution in [0.1, 0.15) is 0 Å². The van der Waals surface area contributed by atoms with Crippen LogP contribution in [-0.4, -0.2) is 24.5 Å². The van der Waals surface area contributed by atoms with Crippen LogP contribution >= 0.6 is 11.6 Å². The van der Waals surface area contributed by atoms with Crippen LogP contribution in [0.3, 0.4) is 0 Å². The van der Waals surface area contributed by atoms with Crippen LogP contribution in [0.4, 0.5) is 26.3 Å². The van der Waals surface area contributed by atoms with Crippen molar-refractivity contribution < 1.29 is 31.1 Å². The van der Waals surface area contributed by atoms with Gasteiger partial charge in [0.1, 0.15) is 6.07 Å². The summed E-state index contributed by atoms with van der Waals surface area (Å²) in [5.41, 5.74) is 0. The Hall–Kier alpha value is -0.170. The molecule has 0 saturated heterocycles. The fourth-order valence-corrected chi connectivity index (χ4v) is 0.564. The van der Waals surface area contributed by atoms with Crippen LogP contribution in [-0.2, 0) is 4.74 Å². The van der Waals surface area contributed by atoms with Gasteiger partial charge < -0.3 is 4.74 Å². The number of halogens is 7. The second-order valence-electron chi connectivity index (χ2n) is 1.74. The Bertz CT molecular complexity index is 125. The number of rotatable bonds is 2. The summed E-state index contributed by atoms with van der Waals surface area (Å²) < 4.78 is 72.3. The molecule has 0 aromatic carbocycles. The largest absolute Gasteiger partial charge is 0.423 e. The molecule has 0 aliphatic rings. The number of hydrogen-bond acceptors (Lipinski definition) is 1. The Balaban J connectivity index is 4.45. The van der Waals surface area contributed by atoms with Gasteiger partial charge in [-0.05, 0) is 0 Å². The quantitative estimate of drug-likeness (QED) is 0.509. The smallest absolute Gasteiger partial charge is 0.345 e. The normalized spacial score (nSPS) is 14.0. The van der Waals surface area contributed by atoms with Crippen molar-refractivity contribution in [2.45, 2.75) is 18.5 Å². The fraction of sp³-hybridized carbons (Fsp3) is 1.00. The van der Waals surface area contributed by atoms with Crippen molar-refractivity contribution in [2.75, 3.05) is 6.07 Å². The molecule has 0 rings (SSSR count). The van der Waals surface area contributed by atoms with Gasteiger partial charge >= 0.3 is 12.4 Å². The average Bonchev–Trinajstić information content (AvgIpc) is 1.77. The molecule has 12 heavy (non-hydrogen) atoms. The molecule has 0 heterocycles. The van der Waals surface area contributed by atoms with Crippen molar-refractivity contribution in [1.82, 2.24) is 0 Å². The highest BCUT2D eigenvalue weighted by Crippen LogP contribution is 2.35. The minimum atomic E-state index is -5.48. The zero-order chi connectivity index (χ0) is 9.99. The van der Waals surface area contributed by atoms with E-state index in [9.17, 15) is 26.3 Å². The molecule has 0 aromatic rings. The summed E-state index contributed by atoms with van der Waals surface area (Å²) in [5.74, 6) is 0. The molecule has 0 atom stereocenters. The summed E-state index contributed by atoms with van der Waals surface area (Å²) in [6, 6.07) is -1.16. The van der Waals surface area contributed by atoms with Crippen LogP contribution in [0.25, 0.3) is 0 Å². The summed E-state index contributed by atoms with van der Waals surface area (Å²) in [6.07, 6.45) is -14.8. The molecular weight excluding hydrogens is 213 g/mol. The molecule has 0 amide bonds. The van der Waals surface area contributed by atoms with Gasteiger partial charge in [0.25, 0.3) is 6.10 Å². The first-order valence-electron chi connectivity index (χ1n) is 2.50. The summed E-state index contributed by atoms with van der Waals surface area (Å²) in [7, 11) is 0. The number of ether oxygens (including phenoxy) is 1. The van der Waals surface area contributed by atoms with Crippen molar-refractivity contribution in [3.63, 3.8) is 0 Å². The molecular formula is C4H3ClF6O. The molecule has 8 heteroatoms. The van der Waals surface area contributed by atoms with Gasteiger partial charge in [-0.1, -0.05) is 11.6 Å². The summed E-state index contributed by atoms with van der Waals surface area (Å²) in [5, 5.41) is 0. The van der Waals surface area contributed by atoms with Crippen molar-refractivity contribution in [2.24, 2.45) is 0 Å². The van der Waals surface area contributed by atoms with Crippen LogP contribution in [0.2, 0.25) is 0 Å². The third kappa shape index (κ3) is 3.48. The molecule has 74 valence electrons. The van der Waals surface area contributed by atoms with Crippen LogP contribution < -0.4 is 0 Å². The molecule has 0 aliphatic carbocycles. The Morgan fingerprint density at radius 2 is 1.33 bits per heavy atom. The van der Waals surface area contributed by atoms with Gasteiger partial charge in [-0.25, -0.2) is 0 Å². The van der Waals surface area contributed by atoms with E-state index in [0.717, 1.165) is 0 Å². The van der Waals surface area contributed by atoms with E-state index < -0.39 is 24.5 Å². The first-order chi connectivity index (χ1) is 5.19. The predicted molar refractivity (Wildman–Crippen MR) is 27.7 cm³/mol. The first-order valence-corrected chi connectivity index (χ1v) is 3.04. The lowest BCUT2D eigenvalue weighted by Gasteiger charge is -2.21. The molecule has 0 aliphatic heterocycles. The van der Waals surface area contributed by atoms with E-state index in [1.165, 1.54) is 0 Å². The van der Waals surface area contributed by atoms with Crippen molar-refractivity contribution in [1.29, 1.82) is 0 Å². The lowest BCUT2D eigenvalue weighted by molar-refractivity contribution is -0.317. The fourth-order valence-electron chi connectivity index (χ4n) is 0.438. The molecule has 0 saturated carbocycles. The van der Waals surface area contributed by atoms with Gasteiger partial charge in [-0.2, -0.15) is 26.3 Å². The second-order valence-corrected chi connectivity index (χ2v) is 1.96. The van der Waals surface area contributed by atoms with E-state index in [4.69, 9.17) is 0 Å². The van der Waals surface area contributed by atoms with Gasteiger partial charge in [0.2, 0.25) is 0 Å². The van der Waals surface area contributed by atoms with Gasteiger partial charge in [-0.3, -0.25) is 0 Å². The maximum absolute atomic E-state index is 11.5. The molecule has 0 bridgehead atoms. The molecule has 0 radical (unpaired) electrons. The second kappa shape index (κ2) is 3.69. The first kappa shape index (κ1) is 11.8. The third-order valence-electron chi connectivity index (χ3n) is 0.824. The highest BCUT2D eigenvalue weighted by Gasteiger charge is 2.57. The SMILES string of the molecule is FC(F)(F)C(OCCl)C(F)(F)F. The third-order valence-corrected chi connectivity index (χ3v) is 0.950. The van der Waals surface area contributed by atoms with Gasteiger partial charge in [0, 0.05) is 0 Å². The zero-order valence-electron chi connectivity index (χ0n) is 5.34. The highest BCUT2D eigenvalue weighted by molar-refractivity contribution is 6.17.